The summed E-state index contributed by atoms with van der Waals surface area (Å²) < 4.78 is 0. The first-order valence-electron chi connectivity index (χ1n) is 4.24. The molecule has 1 amide bonds. The van der Waals surface area contributed by atoms with Gasteiger partial charge in [-0.05, 0) is 12.1 Å². The van der Waals surface area contributed by atoms with Crippen molar-refractivity contribution in [3.05, 3.63) is 36.3 Å². The number of rotatable bonds is 1. The summed E-state index contributed by atoms with van der Waals surface area (Å²) in [4.78, 5) is 19.4. The number of hydrogen-bond acceptors (Lipinski definition) is 3. The van der Waals surface area contributed by atoms with Crippen LogP contribution in [0.15, 0.2) is 30.6 Å². The molecule has 14 heavy (non-hydrogen) atoms. The molecule has 4 heteroatoms. The molecule has 0 saturated carbocycles. The number of fused-ring (bicyclic) bond motifs is 1. The second-order valence-electron chi connectivity index (χ2n) is 2.84. The lowest BCUT2D eigenvalue weighted by atomic mass is 10.2. The molecule has 2 aromatic rings. The van der Waals surface area contributed by atoms with Crippen molar-refractivity contribution < 1.29 is 4.79 Å². The standard InChI is InChI=1S/C10H9N3O/c1-11-10(14)8-5-7-3-2-4-12-9(7)6-13-8/h2-6H,1H3,(H,11,14). The third kappa shape index (κ3) is 1.42. The minimum absolute atomic E-state index is 0.184. The number of carbonyl (C=O) groups is 1. The van der Waals surface area contributed by atoms with E-state index in [9.17, 15) is 4.79 Å². The molecule has 2 rings (SSSR count). The van der Waals surface area contributed by atoms with Crippen LogP contribution < -0.4 is 5.32 Å². The number of carbonyl (C=O) groups excluding carboxylic acids is 1. The van der Waals surface area contributed by atoms with Crippen LogP contribution in [-0.4, -0.2) is 22.9 Å². The molecule has 0 spiro atoms. The van der Waals surface area contributed by atoms with Crippen molar-refractivity contribution in [3.8, 4) is 0 Å². The molecule has 0 atom stereocenters. The molecule has 70 valence electrons. The van der Waals surface area contributed by atoms with Crippen LogP contribution in [-0.2, 0) is 0 Å². The molecule has 0 aromatic carbocycles. The van der Waals surface area contributed by atoms with Crippen LogP contribution in [0.1, 0.15) is 10.5 Å². The topological polar surface area (TPSA) is 54.9 Å². The van der Waals surface area contributed by atoms with Crippen LogP contribution in [0.25, 0.3) is 10.9 Å². The van der Waals surface area contributed by atoms with Crippen LogP contribution in [0.5, 0.6) is 0 Å². The summed E-state index contributed by atoms with van der Waals surface area (Å²) in [6.45, 7) is 0. The summed E-state index contributed by atoms with van der Waals surface area (Å²) >= 11 is 0. The SMILES string of the molecule is CNC(=O)c1cc2cccnc2cn1. The van der Waals surface area contributed by atoms with Crippen LogP contribution in [0.2, 0.25) is 0 Å². The second-order valence-corrected chi connectivity index (χ2v) is 2.84. The van der Waals surface area contributed by atoms with Crippen molar-refractivity contribution in [2.45, 2.75) is 0 Å². The molecule has 2 heterocycles. The number of hydrogen-bond donors (Lipinski definition) is 1. The lowest BCUT2D eigenvalue weighted by Gasteiger charge is -2.00. The molecule has 0 fully saturated rings. The Labute approximate surface area is 81.0 Å². The molecule has 0 unspecified atom stereocenters. The quantitative estimate of drug-likeness (QED) is 0.724. The summed E-state index contributed by atoms with van der Waals surface area (Å²) in [5.41, 5.74) is 1.20. The maximum atomic E-state index is 11.3. The molecule has 0 radical (unpaired) electrons. The lowest BCUT2D eigenvalue weighted by molar-refractivity contribution is 0.0958. The van der Waals surface area contributed by atoms with Gasteiger partial charge in [0.05, 0.1) is 11.7 Å². The van der Waals surface area contributed by atoms with Gasteiger partial charge >= 0.3 is 0 Å². The smallest absolute Gasteiger partial charge is 0.269 e. The fourth-order valence-corrected chi connectivity index (χ4v) is 1.23. The van der Waals surface area contributed by atoms with Gasteiger partial charge in [-0.25, -0.2) is 4.98 Å². The van der Waals surface area contributed by atoms with E-state index in [0.29, 0.717) is 5.69 Å². The third-order valence-electron chi connectivity index (χ3n) is 1.95. The van der Waals surface area contributed by atoms with Crippen LogP contribution in [0.3, 0.4) is 0 Å². The minimum Gasteiger partial charge on any atom is -0.354 e. The Morgan fingerprint density at radius 1 is 1.43 bits per heavy atom. The van der Waals surface area contributed by atoms with Gasteiger partial charge in [-0.1, -0.05) is 6.07 Å². The zero-order valence-corrected chi connectivity index (χ0v) is 7.69. The van der Waals surface area contributed by atoms with Gasteiger partial charge in [0.15, 0.2) is 0 Å². The zero-order chi connectivity index (χ0) is 9.97. The van der Waals surface area contributed by atoms with E-state index in [1.54, 1.807) is 25.5 Å². The van der Waals surface area contributed by atoms with Crippen molar-refractivity contribution in [3.63, 3.8) is 0 Å². The van der Waals surface area contributed by atoms with E-state index in [-0.39, 0.29) is 5.91 Å². The Kier molecular flexibility index (Phi) is 2.10. The van der Waals surface area contributed by atoms with Gasteiger partial charge in [-0.3, -0.25) is 9.78 Å². The summed E-state index contributed by atoms with van der Waals surface area (Å²) in [5.74, 6) is -0.184. The van der Waals surface area contributed by atoms with E-state index < -0.39 is 0 Å². The number of pyridine rings is 2. The molecule has 1 N–H and O–H groups in total. The average molecular weight is 187 g/mol. The van der Waals surface area contributed by atoms with E-state index in [1.807, 2.05) is 12.1 Å². The molecule has 0 bridgehead atoms. The average Bonchev–Trinajstić information content (AvgIpc) is 2.27. The van der Waals surface area contributed by atoms with Crippen molar-refractivity contribution in [2.75, 3.05) is 7.05 Å². The van der Waals surface area contributed by atoms with Crippen molar-refractivity contribution in [1.82, 2.24) is 15.3 Å². The van der Waals surface area contributed by atoms with Gasteiger partial charge in [0.25, 0.3) is 5.91 Å². The second kappa shape index (κ2) is 3.41. The Balaban J connectivity index is 2.56. The van der Waals surface area contributed by atoms with Crippen molar-refractivity contribution in [1.29, 1.82) is 0 Å². The molecule has 2 aromatic heterocycles. The predicted octanol–water partition coefficient (Wildman–Crippen LogP) is 0.989. The molecule has 0 aliphatic heterocycles. The summed E-state index contributed by atoms with van der Waals surface area (Å²) in [6, 6.07) is 5.45. The highest BCUT2D eigenvalue weighted by molar-refractivity contribution is 5.95. The Morgan fingerprint density at radius 3 is 3.07 bits per heavy atom. The largest absolute Gasteiger partial charge is 0.354 e. The van der Waals surface area contributed by atoms with Gasteiger partial charge < -0.3 is 5.32 Å². The molecular weight excluding hydrogens is 178 g/mol. The van der Waals surface area contributed by atoms with Gasteiger partial charge in [-0.15, -0.1) is 0 Å². The molecule has 0 aliphatic carbocycles. The number of nitrogens with one attached hydrogen (secondary N) is 1. The van der Waals surface area contributed by atoms with E-state index in [0.717, 1.165) is 10.9 Å². The number of aromatic nitrogens is 2. The van der Waals surface area contributed by atoms with E-state index >= 15 is 0 Å². The first-order chi connectivity index (χ1) is 6.81. The summed E-state index contributed by atoms with van der Waals surface area (Å²) in [7, 11) is 1.58. The van der Waals surface area contributed by atoms with Gasteiger partial charge in [-0.2, -0.15) is 0 Å². The van der Waals surface area contributed by atoms with Gasteiger partial charge in [0.2, 0.25) is 0 Å². The summed E-state index contributed by atoms with van der Waals surface area (Å²) in [5, 5.41) is 3.44. The van der Waals surface area contributed by atoms with Crippen LogP contribution >= 0.6 is 0 Å². The highest BCUT2D eigenvalue weighted by Gasteiger charge is 2.04. The highest BCUT2D eigenvalue weighted by atomic mass is 16.1. The molecule has 4 nitrogen and oxygen atoms in total. The van der Waals surface area contributed by atoms with Crippen LogP contribution in [0.4, 0.5) is 0 Å². The van der Waals surface area contributed by atoms with Crippen molar-refractivity contribution in [2.24, 2.45) is 0 Å². The van der Waals surface area contributed by atoms with Gasteiger partial charge in [0, 0.05) is 18.6 Å². The number of nitrogens with zero attached hydrogens (tertiary/aromatic N) is 2. The molecule has 0 aliphatic rings. The van der Waals surface area contributed by atoms with Crippen molar-refractivity contribution >= 4 is 16.8 Å². The normalized spacial score (nSPS) is 10.1. The number of amides is 1. The maximum Gasteiger partial charge on any atom is 0.269 e. The van der Waals surface area contributed by atoms with Crippen LogP contribution in [0, 0.1) is 0 Å². The highest BCUT2D eigenvalue weighted by Crippen LogP contribution is 2.10. The van der Waals surface area contributed by atoms with E-state index in [1.165, 1.54) is 0 Å². The maximum absolute atomic E-state index is 11.3. The Bertz CT molecular complexity index is 482. The monoisotopic (exact) mass is 187 g/mol. The fourth-order valence-electron chi connectivity index (χ4n) is 1.23. The van der Waals surface area contributed by atoms with Gasteiger partial charge in [0.1, 0.15) is 5.69 Å². The minimum atomic E-state index is -0.184. The zero-order valence-electron chi connectivity index (χ0n) is 7.69. The first kappa shape index (κ1) is 8.62. The van der Waals surface area contributed by atoms with E-state index in [2.05, 4.69) is 15.3 Å². The molecule has 0 saturated heterocycles. The summed E-state index contributed by atoms with van der Waals surface area (Å²) in [6.07, 6.45) is 3.30. The first-order valence-corrected chi connectivity index (χ1v) is 4.24. The molecular formula is C10H9N3O. The van der Waals surface area contributed by atoms with E-state index in [4.69, 9.17) is 0 Å². The Hall–Kier alpha value is -1.97. The Morgan fingerprint density at radius 2 is 2.29 bits per heavy atom. The lowest BCUT2D eigenvalue weighted by Crippen LogP contribution is -2.18. The predicted molar refractivity (Wildman–Crippen MR) is 52.9 cm³/mol. The third-order valence-corrected chi connectivity index (χ3v) is 1.95. The fraction of sp³-hybridized carbons (Fsp3) is 0.100.